The van der Waals surface area contributed by atoms with Crippen LogP contribution in [0.25, 0.3) is 22.2 Å². The standard InChI is InChI=1S/C36H33ClF2IN5O4/c1-20-14-28(45(18-21-4-8-24(47-2)9-5-21)19-22-6-10-25(48-3)11-7-22)42-34(32(20)40)30-27(37)16-26-33(31(30)38)43-36(39)44-35(26)49-29(46)15-23-12-13-41-17-23/h4-11,14,16,23,41H,12-13,15,17-19H2,1-3H3/t23-/m0/s1. The van der Waals surface area contributed by atoms with Crippen molar-refractivity contribution in [2.75, 3.05) is 32.2 Å². The summed E-state index contributed by atoms with van der Waals surface area (Å²) in [7, 11) is 3.23. The van der Waals surface area contributed by atoms with E-state index in [9.17, 15) is 9.18 Å². The van der Waals surface area contributed by atoms with Crippen molar-refractivity contribution >= 4 is 56.9 Å². The number of ether oxygens (including phenoxy) is 3. The van der Waals surface area contributed by atoms with Crippen LogP contribution in [-0.2, 0) is 17.9 Å². The monoisotopic (exact) mass is 799 g/mol. The Hall–Kier alpha value is -4.14. The second-order valence-corrected chi connectivity index (χ2v) is 13.3. The molecule has 0 spiro atoms. The molecule has 1 atom stereocenters. The number of nitrogens with one attached hydrogen (secondary N) is 1. The highest BCUT2D eigenvalue weighted by molar-refractivity contribution is 14.1. The highest BCUT2D eigenvalue weighted by Gasteiger charge is 2.26. The molecule has 2 aromatic heterocycles. The number of nitrogens with zero attached hydrogens (tertiary/aromatic N) is 4. The maximum atomic E-state index is 16.6. The van der Waals surface area contributed by atoms with E-state index in [1.54, 1.807) is 14.2 Å². The first-order valence-electron chi connectivity index (χ1n) is 15.6. The molecule has 3 aromatic carbocycles. The van der Waals surface area contributed by atoms with Gasteiger partial charge in [-0.1, -0.05) is 35.9 Å². The van der Waals surface area contributed by atoms with Gasteiger partial charge in [0.05, 0.1) is 42.3 Å². The number of hydrogen-bond donors (Lipinski definition) is 1. The molecule has 0 unspecified atom stereocenters. The minimum atomic E-state index is -1.23. The van der Waals surface area contributed by atoms with Gasteiger partial charge < -0.3 is 24.4 Å². The zero-order valence-corrected chi connectivity index (χ0v) is 29.9. The Balaban J connectivity index is 1.41. The summed E-state index contributed by atoms with van der Waals surface area (Å²) in [5.74, 6) is 0.254. The fourth-order valence-corrected chi connectivity index (χ4v) is 6.63. The molecule has 9 nitrogen and oxygen atoms in total. The first kappa shape index (κ1) is 34.7. The fraction of sp³-hybridized carbons (Fsp3) is 0.278. The van der Waals surface area contributed by atoms with Crippen LogP contribution in [0.3, 0.4) is 0 Å². The average Bonchev–Trinajstić information content (AvgIpc) is 3.60. The highest BCUT2D eigenvalue weighted by Crippen LogP contribution is 2.40. The molecule has 0 bridgehead atoms. The molecule has 49 heavy (non-hydrogen) atoms. The summed E-state index contributed by atoms with van der Waals surface area (Å²) >= 11 is 8.89. The lowest BCUT2D eigenvalue weighted by molar-refractivity contribution is -0.135. The van der Waals surface area contributed by atoms with E-state index in [2.05, 4.69) is 42.8 Å². The van der Waals surface area contributed by atoms with Crippen LogP contribution in [0.5, 0.6) is 17.4 Å². The zero-order chi connectivity index (χ0) is 34.7. The molecule has 3 heterocycles. The van der Waals surface area contributed by atoms with Crippen LogP contribution in [-0.4, -0.2) is 48.2 Å². The molecule has 5 aromatic rings. The second-order valence-electron chi connectivity index (χ2n) is 11.8. The van der Waals surface area contributed by atoms with E-state index in [1.807, 2.05) is 61.5 Å². The van der Waals surface area contributed by atoms with Crippen molar-refractivity contribution in [1.29, 1.82) is 0 Å². The quantitative estimate of drug-likeness (QED) is 0.0821. The van der Waals surface area contributed by atoms with Gasteiger partial charge in [-0.15, -0.1) is 0 Å². The van der Waals surface area contributed by atoms with Crippen LogP contribution in [0.15, 0.2) is 60.7 Å². The number of aromatic nitrogens is 3. The van der Waals surface area contributed by atoms with Gasteiger partial charge in [-0.2, -0.15) is 14.4 Å². The van der Waals surface area contributed by atoms with E-state index in [4.69, 9.17) is 30.8 Å². The Labute approximate surface area is 301 Å². The van der Waals surface area contributed by atoms with E-state index >= 15 is 4.39 Å². The van der Waals surface area contributed by atoms with Gasteiger partial charge in [0.25, 0.3) is 0 Å². The summed E-state index contributed by atoms with van der Waals surface area (Å²) in [4.78, 5) is 27.2. The van der Waals surface area contributed by atoms with Gasteiger partial charge in [0, 0.05) is 16.7 Å². The maximum Gasteiger partial charge on any atom is 0.312 e. The third-order valence-electron chi connectivity index (χ3n) is 8.40. The number of anilines is 1. The Kier molecular flexibility index (Phi) is 10.8. The number of aryl methyl sites for hydroxylation is 1. The van der Waals surface area contributed by atoms with Crippen LogP contribution in [0.2, 0.25) is 5.02 Å². The predicted molar refractivity (Wildman–Crippen MR) is 192 cm³/mol. The number of hydrogen-bond acceptors (Lipinski definition) is 9. The molecule has 0 amide bonds. The van der Waals surface area contributed by atoms with Gasteiger partial charge >= 0.3 is 12.0 Å². The summed E-state index contributed by atoms with van der Waals surface area (Å²) in [6.07, 6.45) is -0.297. The van der Waals surface area contributed by atoms with Crippen LogP contribution >= 0.6 is 34.2 Å². The van der Waals surface area contributed by atoms with Crippen molar-refractivity contribution in [2.45, 2.75) is 32.9 Å². The van der Waals surface area contributed by atoms with Crippen molar-refractivity contribution in [3.05, 3.63) is 97.8 Å². The molecule has 1 saturated heterocycles. The largest absolute Gasteiger partial charge is 0.497 e. The van der Waals surface area contributed by atoms with Crippen LogP contribution in [0.4, 0.5) is 14.6 Å². The lowest BCUT2D eigenvalue weighted by Crippen LogP contribution is -2.24. The Morgan fingerprint density at radius 3 is 2.18 bits per heavy atom. The SMILES string of the molecule is COc1ccc(CN(Cc2ccc(OC)cc2)c2cc(C)c(I)c(-c3c(Cl)cc4c(OC(=O)C[C@@H]5CCNC5)nc(F)nc4c3F)n2)cc1. The summed E-state index contributed by atoms with van der Waals surface area (Å²) < 4.78 is 48.0. The number of benzene rings is 3. The van der Waals surface area contributed by atoms with E-state index < -0.39 is 17.9 Å². The Morgan fingerprint density at radius 2 is 1.61 bits per heavy atom. The second kappa shape index (κ2) is 15.2. The number of fused-ring (bicyclic) bond motifs is 1. The number of methoxy groups -OCH3 is 2. The van der Waals surface area contributed by atoms with Gasteiger partial charge in [-0.3, -0.25) is 4.79 Å². The number of carbonyl (C=O) groups excluding carboxylic acids is 1. The van der Waals surface area contributed by atoms with Crippen molar-refractivity contribution < 1.29 is 27.8 Å². The van der Waals surface area contributed by atoms with Crippen LogP contribution < -0.4 is 24.4 Å². The summed E-state index contributed by atoms with van der Waals surface area (Å²) in [6.45, 7) is 4.34. The summed E-state index contributed by atoms with van der Waals surface area (Å²) in [6, 6.07) is 18.8. The molecule has 6 rings (SSSR count). The average molecular weight is 800 g/mol. The third kappa shape index (κ3) is 7.86. The van der Waals surface area contributed by atoms with Crippen LogP contribution in [0, 0.1) is 28.3 Å². The molecule has 1 aliphatic rings. The minimum Gasteiger partial charge on any atom is -0.497 e. The third-order valence-corrected chi connectivity index (χ3v) is 10.1. The normalized spacial score (nSPS) is 14.2. The smallest absolute Gasteiger partial charge is 0.312 e. The van der Waals surface area contributed by atoms with Crippen molar-refractivity contribution in [2.24, 2.45) is 5.92 Å². The molecule has 0 saturated carbocycles. The number of halogens is 4. The van der Waals surface area contributed by atoms with Gasteiger partial charge in [0.2, 0.25) is 5.88 Å². The van der Waals surface area contributed by atoms with Crippen molar-refractivity contribution in [3.63, 3.8) is 0 Å². The number of pyridine rings is 1. The van der Waals surface area contributed by atoms with E-state index in [0.717, 1.165) is 41.2 Å². The number of esters is 1. The minimum absolute atomic E-state index is 0.0173. The Bertz CT molecular complexity index is 1940. The van der Waals surface area contributed by atoms with Gasteiger partial charge in [0.1, 0.15) is 22.8 Å². The molecular formula is C36H33ClF2IN5O4. The maximum absolute atomic E-state index is 16.6. The van der Waals surface area contributed by atoms with Crippen molar-refractivity contribution in [3.8, 4) is 28.6 Å². The van der Waals surface area contributed by atoms with Crippen molar-refractivity contribution in [1.82, 2.24) is 20.3 Å². The molecule has 13 heteroatoms. The number of rotatable bonds is 11. The van der Waals surface area contributed by atoms with E-state index in [0.29, 0.717) is 29.0 Å². The molecule has 1 N–H and O–H groups in total. The topological polar surface area (TPSA) is 98.7 Å². The van der Waals surface area contributed by atoms with E-state index in [1.165, 1.54) is 6.07 Å². The summed E-state index contributed by atoms with van der Waals surface area (Å²) in [5.41, 5.74) is 2.68. The lowest BCUT2D eigenvalue weighted by Gasteiger charge is -2.26. The van der Waals surface area contributed by atoms with E-state index in [-0.39, 0.29) is 45.4 Å². The lowest BCUT2D eigenvalue weighted by atomic mass is 10.0. The fourth-order valence-electron chi connectivity index (χ4n) is 5.80. The van der Waals surface area contributed by atoms with Gasteiger partial charge in [-0.25, -0.2) is 9.37 Å². The molecule has 254 valence electrons. The van der Waals surface area contributed by atoms with Gasteiger partial charge in [0.15, 0.2) is 5.82 Å². The highest BCUT2D eigenvalue weighted by atomic mass is 127. The molecule has 1 fully saturated rings. The Morgan fingerprint density at radius 1 is 0.980 bits per heavy atom. The van der Waals surface area contributed by atoms with Gasteiger partial charge in [-0.05, 0) is 108 Å². The molecule has 0 aliphatic carbocycles. The first-order valence-corrected chi connectivity index (χ1v) is 17.0. The summed E-state index contributed by atoms with van der Waals surface area (Å²) in [5, 5.41) is 3.15. The first-order chi connectivity index (χ1) is 23.6. The predicted octanol–water partition coefficient (Wildman–Crippen LogP) is 7.67. The molecule has 1 aliphatic heterocycles. The molecule has 0 radical (unpaired) electrons. The zero-order valence-electron chi connectivity index (χ0n) is 27.0. The molecular weight excluding hydrogens is 767 g/mol. The number of carbonyl (C=O) groups is 1. The van der Waals surface area contributed by atoms with Crippen LogP contribution in [0.1, 0.15) is 29.5 Å².